The summed E-state index contributed by atoms with van der Waals surface area (Å²) >= 11 is 0. The van der Waals surface area contributed by atoms with Gasteiger partial charge in [0.15, 0.2) is 4.98 Å². The highest BCUT2D eigenvalue weighted by atomic mass is 16.5. The summed E-state index contributed by atoms with van der Waals surface area (Å²) in [5.74, 6) is -0.828. The maximum atomic E-state index is 11.2. The highest BCUT2D eigenvalue weighted by Crippen LogP contribution is 2.04. The number of aliphatic hydroxyl groups is 1. The van der Waals surface area contributed by atoms with E-state index in [0.29, 0.717) is 6.42 Å². The zero-order chi connectivity index (χ0) is 11.7. The van der Waals surface area contributed by atoms with Crippen molar-refractivity contribution in [3.63, 3.8) is 0 Å². The molecule has 15 heavy (non-hydrogen) atoms. The Morgan fingerprint density at radius 1 is 1.73 bits per heavy atom. The second-order valence-corrected chi connectivity index (χ2v) is 2.99. The lowest BCUT2D eigenvalue weighted by atomic mass is 10.1. The molecule has 0 spiro atoms. The van der Waals surface area contributed by atoms with E-state index in [2.05, 4.69) is 15.0 Å². The van der Waals surface area contributed by atoms with E-state index in [1.54, 1.807) is 0 Å². The summed E-state index contributed by atoms with van der Waals surface area (Å²) < 4.78 is 4.56. The molecule has 0 heterocycles. The summed E-state index contributed by atoms with van der Waals surface area (Å²) in [6.45, 7) is 1.99. The SMILES string of the molecule is CCCC[C@H](NC(O)=C[N+]#N)C(=O)OC. The van der Waals surface area contributed by atoms with Gasteiger partial charge in [-0.2, -0.15) is 0 Å². The molecule has 0 saturated carbocycles. The van der Waals surface area contributed by atoms with Crippen LogP contribution in [0.4, 0.5) is 0 Å². The van der Waals surface area contributed by atoms with E-state index in [0.717, 1.165) is 19.0 Å². The summed E-state index contributed by atoms with van der Waals surface area (Å²) in [5.41, 5.74) is 0. The van der Waals surface area contributed by atoms with Gasteiger partial charge in [0.05, 0.1) is 7.11 Å². The third kappa shape index (κ3) is 5.52. The number of esters is 1. The first kappa shape index (κ1) is 13.2. The monoisotopic (exact) mass is 214 g/mol. The van der Waals surface area contributed by atoms with Gasteiger partial charge in [-0.05, 0) is 6.42 Å². The highest BCUT2D eigenvalue weighted by Gasteiger charge is 2.20. The Kier molecular flexibility index (Phi) is 6.72. The van der Waals surface area contributed by atoms with E-state index in [9.17, 15) is 4.79 Å². The first-order valence-electron chi connectivity index (χ1n) is 4.73. The molecule has 0 bridgehead atoms. The second-order valence-electron chi connectivity index (χ2n) is 2.99. The molecule has 0 fully saturated rings. The number of methoxy groups -OCH3 is 1. The molecule has 6 heteroatoms. The second kappa shape index (κ2) is 7.62. The van der Waals surface area contributed by atoms with Crippen LogP contribution in [0.15, 0.2) is 12.1 Å². The molecule has 2 N–H and O–H groups in total. The quantitative estimate of drug-likeness (QED) is 0.397. The summed E-state index contributed by atoms with van der Waals surface area (Å²) in [6.07, 6.45) is 3.12. The Balaban J connectivity index is 4.31. The van der Waals surface area contributed by atoms with Crippen LogP contribution in [0.5, 0.6) is 0 Å². The number of nitrogens with one attached hydrogen (secondary N) is 1. The molecular weight excluding hydrogens is 198 g/mol. The minimum absolute atomic E-state index is 0.371. The molecule has 0 unspecified atom stereocenters. The molecule has 0 aromatic carbocycles. The summed E-state index contributed by atoms with van der Waals surface area (Å²) in [7, 11) is 1.28. The molecule has 0 radical (unpaired) electrons. The molecule has 0 amide bonds. The van der Waals surface area contributed by atoms with Crippen molar-refractivity contribution >= 4 is 5.97 Å². The number of aliphatic hydroxyl groups excluding tert-OH is 1. The average Bonchev–Trinajstić information content (AvgIpc) is 2.23. The van der Waals surface area contributed by atoms with E-state index in [1.807, 2.05) is 6.92 Å². The molecule has 0 saturated heterocycles. The fourth-order valence-corrected chi connectivity index (χ4v) is 1.07. The third-order valence-corrected chi connectivity index (χ3v) is 1.83. The average molecular weight is 214 g/mol. The number of rotatable bonds is 6. The van der Waals surface area contributed by atoms with Crippen molar-refractivity contribution in [3.8, 4) is 0 Å². The topological polar surface area (TPSA) is 86.7 Å². The number of nitrogens with zero attached hydrogens (tertiary/aromatic N) is 2. The smallest absolute Gasteiger partial charge is 0.409 e. The molecule has 0 aliphatic carbocycles. The van der Waals surface area contributed by atoms with Gasteiger partial charge in [-0.3, -0.25) is 0 Å². The van der Waals surface area contributed by atoms with E-state index in [-0.39, 0.29) is 5.88 Å². The van der Waals surface area contributed by atoms with Crippen molar-refractivity contribution in [3.05, 3.63) is 17.1 Å². The van der Waals surface area contributed by atoms with Crippen molar-refractivity contribution in [2.24, 2.45) is 0 Å². The van der Waals surface area contributed by atoms with Crippen LogP contribution in [0.2, 0.25) is 0 Å². The predicted molar refractivity (Wildman–Crippen MR) is 54.3 cm³/mol. The maximum absolute atomic E-state index is 11.2. The Labute approximate surface area is 88.5 Å². The number of ether oxygens (including phenoxy) is 1. The number of carbonyl (C=O) groups excluding carboxylic acids is 1. The molecular formula is C9H16N3O3+. The number of hydrogen-bond donors (Lipinski definition) is 2. The van der Waals surface area contributed by atoms with Gasteiger partial charge in [0.1, 0.15) is 6.04 Å². The van der Waals surface area contributed by atoms with Crippen molar-refractivity contribution in [2.75, 3.05) is 7.11 Å². The van der Waals surface area contributed by atoms with Crippen LogP contribution in [0, 0.1) is 5.39 Å². The fraction of sp³-hybridized carbons (Fsp3) is 0.667. The van der Waals surface area contributed by atoms with Crippen molar-refractivity contribution in [1.82, 2.24) is 5.32 Å². The zero-order valence-corrected chi connectivity index (χ0v) is 8.93. The standard InChI is InChI=1S/C9H15N3O3/c1-3-4-5-7(9(14)15-2)12-8(13)6-11-10/h6-7,12H,3-5H2,1-2H3/p+1/t7-/m0/s1. The van der Waals surface area contributed by atoms with Gasteiger partial charge < -0.3 is 15.2 Å². The predicted octanol–water partition coefficient (Wildman–Crippen LogP) is 1.52. The van der Waals surface area contributed by atoms with Gasteiger partial charge >= 0.3 is 12.2 Å². The maximum Gasteiger partial charge on any atom is 0.409 e. The molecule has 0 aliphatic heterocycles. The van der Waals surface area contributed by atoms with Gasteiger partial charge in [-0.1, -0.05) is 19.8 Å². The number of unbranched alkanes of at least 4 members (excludes halogenated alkanes) is 1. The Morgan fingerprint density at radius 3 is 2.87 bits per heavy atom. The minimum atomic E-state index is -0.618. The normalized spacial score (nSPS) is 12.7. The van der Waals surface area contributed by atoms with E-state index in [4.69, 9.17) is 10.5 Å². The van der Waals surface area contributed by atoms with Crippen LogP contribution in [-0.4, -0.2) is 24.2 Å². The lowest BCUT2D eigenvalue weighted by Gasteiger charge is -2.14. The number of carbonyl (C=O) groups is 1. The highest BCUT2D eigenvalue weighted by molar-refractivity contribution is 5.75. The van der Waals surface area contributed by atoms with Crippen molar-refractivity contribution < 1.29 is 14.6 Å². The van der Waals surface area contributed by atoms with Gasteiger partial charge in [-0.25, -0.2) is 4.79 Å². The van der Waals surface area contributed by atoms with E-state index in [1.165, 1.54) is 7.11 Å². The summed E-state index contributed by atoms with van der Waals surface area (Å²) in [5, 5.41) is 19.8. The fourth-order valence-electron chi connectivity index (χ4n) is 1.07. The van der Waals surface area contributed by atoms with Crippen LogP contribution >= 0.6 is 0 Å². The molecule has 6 nitrogen and oxygen atoms in total. The van der Waals surface area contributed by atoms with Crippen LogP contribution in [0.1, 0.15) is 26.2 Å². The number of diazo groups is 1. The Morgan fingerprint density at radius 2 is 2.40 bits per heavy atom. The van der Waals surface area contributed by atoms with Crippen LogP contribution < -0.4 is 5.32 Å². The van der Waals surface area contributed by atoms with Gasteiger partial charge in [0.2, 0.25) is 5.39 Å². The van der Waals surface area contributed by atoms with Gasteiger partial charge in [0, 0.05) is 0 Å². The third-order valence-electron chi connectivity index (χ3n) is 1.83. The molecule has 0 rings (SSSR count). The van der Waals surface area contributed by atoms with E-state index >= 15 is 0 Å². The number of hydrogen-bond acceptors (Lipinski definition) is 5. The zero-order valence-electron chi connectivity index (χ0n) is 8.93. The lowest BCUT2D eigenvalue weighted by Crippen LogP contribution is -2.37. The molecule has 1 atom stereocenters. The summed E-state index contributed by atoms with van der Waals surface area (Å²) in [4.78, 5) is 13.9. The lowest BCUT2D eigenvalue weighted by molar-refractivity contribution is -0.143. The van der Waals surface area contributed by atoms with Crippen molar-refractivity contribution in [2.45, 2.75) is 32.2 Å². The molecule has 0 aromatic rings. The van der Waals surface area contributed by atoms with E-state index < -0.39 is 12.0 Å². The van der Waals surface area contributed by atoms with Crippen LogP contribution in [-0.2, 0) is 9.53 Å². The first-order valence-corrected chi connectivity index (χ1v) is 4.73. The Bertz CT molecular complexity index is 270. The van der Waals surface area contributed by atoms with Crippen molar-refractivity contribution in [1.29, 1.82) is 5.39 Å². The molecule has 84 valence electrons. The Hall–Kier alpha value is -1.77. The molecule has 0 aliphatic rings. The first-order chi connectivity index (χ1) is 7.15. The minimum Gasteiger partial charge on any atom is -0.490 e. The van der Waals surface area contributed by atoms with Crippen LogP contribution in [0.3, 0.4) is 0 Å². The van der Waals surface area contributed by atoms with Gasteiger partial charge in [-0.15, -0.1) is 0 Å². The molecule has 0 aromatic heterocycles. The van der Waals surface area contributed by atoms with Crippen LogP contribution in [0.25, 0.3) is 4.98 Å². The van der Waals surface area contributed by atoms with Gasteiger partial charge in [0.25, 0.3) is 5.88 Å². The largest absolute Gasteiger partial charge is 0.490 e. The summed E-state index contributed by atoms with van der Waals surface area (Å²) in [6, 6.07) is -0.618.